The molecule has 0 aliphatic carbocycles. The third-order valence-corrected chi connectivity index (χ3v) is 5.03. The highest BCUT2D eigenvalue weighted by Crippen LogP contribution is 2.21. The van der Waals surface area contributed by atoms with Crippen molar-refractivity contribution in [2.75, 3.05) is 38.2 Å². The minimum Gasteiger partial charge on any atom is -0.497 e. The number of hydrogen-bond acceptors (Lipinski definition) is 4. The van der Waals surface area contributed by atoms with Gasteiger partial charge in [-0.2, -0.15) is 0 Å². The second kappa shape index (κ2) is 8.45. The van der Waals surface area contributed by atoms with Crippen LogP contribution in [0.5, 0.6) is 11.5 Å². The van der Waals surface area contributed by atoms with E-state index in [1.165, 1.54) is 0 Å². The molecule has 2 aromatic rings. The van der Waals surface area contributed by atoms with Crippen LogP contribution in [-0.2, 0) is 4.79 Å². The van der Waals surface area contributed by atoms with Crippen LogP contribution in [0.25, 0.3) is 0 Å². The van der Waals surface area contributed by atoms with Crippen LogP contribution < -0.4 is 14.4 Å². The van der Waals surface area contributed by atoms with Gasteiger partial charge in [0.25, 0.3) is 5.91 Å². The Bertz CT molecular complexity index is 726. The van der Waals surface area contributed by atoms with E-state index in [2.05, 4.69) is 33.0 Å². The quantitative estimate of drug-likeness (QED) is 0.743. The summed E-state index contributed by atoms with van der Waals surface area (Å²) in [5.74, 6) is 1.58. The molecule has 1 atom stereocenters. The Morgan fingerprint density at radius 1 is 0.962 bits per heavy atom. The molecule has 0 aromatic heterocycles. The molecule has 0 unspecified atom stereocenters. The van der Waals surface area contributed by atoms with E-state index in [9.17, 15) is 4.79 Å². The highest BCUT2D eigenvalue weighted by molar-refractivity contribution is 9.10. The van der Waals surface area contributed by atoms with Crippen LogP contribution in [0.1, 0.15) is 6.92 Å². The Labute approximate surface area is 162 Å². The predicted molar refractivity (Wildman–Crippen MR) is 106 cm³/mol. The van der Waals surface area contributed by atoms with Crippen molar-refractivity contribution in [3.63, 3.8) is 0 Å². The van der Waals surface area contributed by atoms with E-state index >= 15 is 0 Å². The summed E-state index contributed by atoms with van der Waals surface area (Å²) < 4.78 is 12.0. The standard InChI is InChI=1S/C20H23BrN2O3/c1-15(26-19-7-3-16(21)4-8-19)20(24)23-13-11-22(12-14-23)17-5-9-18(25-2)10-6-17/h3-10,15H,11-14H2,1-2H3/t15-/m1/s1. The summed E-state index contributed by atoms with van der Waals surface area (Å²) in [4.78, 5) is 16.8. The molecule has 1 heterocycles. The number of hydrogen-bond donors (Lipinski definition) is 0. The van der Waals surface area contributed by atoms with Crippen molar-refractivity contribution in [3.05, 3.63) is 53.0 Å². The van der Waals surface area contributed by atoms with E-state index in [4.69, 9.17) is 9.47 Å². The topological polar surface area (TPSA) is 42.0 Å². The number of halogens is 1. The second-order valence-electron chi connectivity index (χ2n) is 6.22. The lowest BCUT2D eigenvalue weighted by Crippen LogP contribution is -2.52. The first-order valence-electron chi connectivity index (χ1n) is 8.67. The van der Waals surface area contributed by atoms with Crippen molar-refractivity contribution < 1.29 is 14.3 Å². The fourth-order valence-electron chi connectivity index (χ4n) is 3.00. The first-order valence-corrected chi connectivity index (χ1v) is 9.46. The summed E-state index contributed by atoms with van der Waals surface area (Å²) in [5, 5.41) is 0. The number of rotatable bonds is 5. The van der Waals surface area contributed by atoms with E-state index in [0.29, 0.717) is 18.8 Å². The molecule has 0 bridgehead atoms. The van der Waals surface area contributed by atoms with Crippen molar-refractivity contribution in [2.24, 2.45) is 0 Å². The highest BCUT2D eigenvalue weighted by atomic mass is 79.9. The van der Waals surface area contributed by atoms with Crippen LogP contribution in [0.2, 0.25) is 0 Å². The lowest BCUT2D eigenvalue weighted by molar-refractivity contribution is -0.138. The zero-order valence-corrected chi connectivity index (χ0v) is 16.6. The lowest BCUT2D eigenvalue weighted by atomic mass is 10.2. The molecular formula is C20H23BrN2O3. The van der Waals surface area contributed by atoms with Gasteiger partial charge >= 0.3 is 0 Å². The number of piperazine rings is 1. The van der Waals surface area contributed by atoms with Crippen molar-refractivity contribution in [1.29, 1.82) is 0 Å². The van der Waals surface area contributed by atoms with Crippen molar-refractivity contribution in [1.82, 2.24) is 4.90 Å². The van der Waals surface area contributed by atoms with Gasteiger partial charge in [-0.3, -0.25) is 4.79 Å². The number of benzene rings is 2. The zero-order chi connectivity index (χ0) is 18.5. The van der Waals surface area contributed by atoms with E-state index in [1.54, 1.807) is 14.0 Å². The summed E-state index contributed by atoms with van der Waals surface area (Å²) >= 11 is 3.39. The van der Waals surface area contributed by atoms with Gasteiger partial charge in [-0.05, 0) is 55.5 Å². The number of anilines is 1. The molecule has 1 saturated heterocycles. The fraction of sp³-hybridized carbons (Fsp3) is 0.350. The molecule has 0 N–H and O–H groups in total. The molecule has 0 saturated carbocycles. The minimum atomic E-state index is -0.497. The summed E-state index contributed by atoms with van der Waals surface area (Å²) in [5.41, 5.74) is 1.15. The molecule has 138 valence electrons. The van der Waals surface area contributed by atoms with Crippen LogP contribution in [0, 0.1) is 0 Å². The highest BCUT2D eigenvalue weighted by Gasteiger charge is 2.26. The van der Waals surface area contributed by atoms with E-state index in [0.717, 1.165) is 29.0 Å². The van der Waals surface area contributed by atoms with Crippen LogP contribution in [-0.4, -0.2) is 50.2 Å². The molecule has 2 aromatic carbocycles. The molecule has 6 heteroatoms. The molecule has 1 aliphatic rings. The van der Waals surface area contributed by atoms with Gasteiger partial charge in [0, 0.05) is 36.3 Å². The first kappa shape index (κ1) is 18.6. The number of amides is 1. The van der Waals surface area contributed by atoms with Gasteiger partial charge in [-0.1, -0.05) is 15.9 Å². The van der Waals surface area contributed by atoms with Gasteiger partial charge < -0.3 is 19.3 Å². The number of nitrogens with zero attached hydrogens (tertiary/aromatic N) is 2. The smallest absolute Gasteiger partial charge is 0.263 e. The van der Waals surface area contributed by atoms with Crippen LogP contribution >= 0.6 is 15.9 Å². The van der Waals surface area contributed by atoms with Gasteiger partial charge in [-0.15, -0.1) is 0 Å². The van der Waals surface area contributed by atoms with Crippen LogP contribution in [0.3, 0.4) is 0 Å². The Morgan fingerprint density at radius 2 is 1.54 bits per heavy atom. The van der Waals surface area contributed by atoms with E-state index in [1.807, 2.05) is 41.3 Å². The maximum atomic E-state index is 12.7. The monoisotopic (exact) mass is 418 g/mol. The van der Waals surface area contributed by atoms with Gasteiger partial charge in [0.2, 0.25) is 0 Å². The van der Waals surface area contributed by atoms with Gasteiger partial charge in [0.05, 0.1) is 7.11 Å². The summed E-state index contributed by atoms with van der Waals surface area (Å²) in [6.45, 7) is 4.81. The third kappa shape index (κ3) is 4.49. The molecule has 1 aliphatic heterocycles. The average Bonchev–Trinajstić information content (AvgIpc) is 2.69. The number of carbonyl (C=O) groups is 1. The molecule has 0 spiro atoms. The maximum absolute atomic E-state index is 12.7. The molecule has 1 fully saturated rings. The maximum Gasteiger partial charge on any atom is 0.263 e. The van der Waals surface area contributed by atoms with Crippen molar-refractivity contribution >= 4 is 27.5 Å². The SMILES string of the molecule is COc1ccc(N2CCN(C(=O)[C@@H](C)Oc3ccc(Br)cc3)CC2)cc1. The minimum absolute atomic E-state index is 0.0299. The second-order valence-corrected chi connectivity index (χ2v) is 7.14. The Balaban J connectivity index is 1.53. The largest absolute Gasteiger partial charge is 0.497 e. The molecular weight excluding hydrogens is 396 g/mol. The molecule has 1 amide bonds. The first-order chi connectivity index (χ1) is 12.6. The molecule has 0 radical (unpaired) electrons. The summed E-state index contributed by atoms with van der Waals surface area (Å²) in [6, 6.07) is 15.5. The Morgan fingerprint density at radius 3 is 2.12 bits per heavy atom. The van der Waals surface area contributed by atoms with E-state index in [-0.39, 0.29) is 5.91 Å². The molecule has 5 nitrogen and oxygen atoms in total. The number of carbonyl (C=O) groups excluding carboxylic acids is 1. The third-order valence-electron chi connectivity index (χ3n) is 4.50. The zero-order valence-electron chi connectivity index (χ0n) is 15.0. The summed E-state index contributed by atoms with van der Waals surface area (Å²) in [7, 11) is 1.66. The Kier molecular flexibility index (Phi) is 6.04. The Hall–Kier alpha value is -2.21. The van der Waals surface area contributed by atoms with Crippen LogP contribution in [0.4, 0.5) is 5.69 Å². The normalized spacial score (nSPS) is 15.5. The van der Waals surface area contributed by atoms with Gasteiger partial charge in [-0.25, -0.2) is 0 Å². The lowest BCUT2D eigenvalue weighted by Gasteiger charge is -2.37. The number of methoxy groups -OCH3 is 1. The average molecular weight is 419 g/mol. The van der Waals surface area contributed by atoms with Gasteiger partial charge in [0.1, 0.15) is 11.5 Å². The van der Waals surface area contributed by atoms with Crippen molar-refractivity contribution in [3.8, 4) is 11.5 Å². The van der Waals surface area contributed by atoms with Gasteiger partial charge in [0.15, 0.2) is 6.10 Å². The molecule has 3 rings (SSSR count). The van der Waals surface area contributed by atoms with Crippen molar-refractivity contribution in [2.45, 2.75) is 13.0 Å². The van der Waals surface area contributed by atoms with E-state index < -0.39 is 6.10 Å². The fourth-order valence-corrected chi connectivity index (χ4v) is 3.27. The van der Waals surface area contributed by atoms with Crippen LogP contribution in [0.15, 0.2) is 53.0 Å². The summed E-state index contributed by atoms with van der Waals surface area (Å²) in [6.07, 6.45) is -0.497. The number of ether oxygens (including phenoxy) is 2. The molecule has 26 heavy (non-hydrogen) atoms. The predicted octanol–water partition coefficient (Wildman–Crippen LogP) is 3.57.